The van der Waals surface area contributed by atoms with Gasteiger partial charge in [0.25, 0.3) is 0 Å². The Morgan fingerprint density at radius 1 is 1.00 bits per heavy atom. The largest absolute Gasteiger partial charge is 0.489 e. The monoisotopic (exact) mass is 360 g/mol. The van der Waals surface area contributed by atoms with Crippen LogP contribution in [0.15, 0.2) is 54.6 Å². The van der Waals surface area contributed by atoms with Crippen molar-refractivity contribution in [3.8, 4) is 5.75 Å². The molecule has 5 heteroatoms. The van der Waals surface area contributed by atoms with E-state index in [1.165, 1.54) is 19.3 Å². The van der Waals surface area contributed by atoms with Crippen molar-refractivity contribution in [1.29, 1.82) is 0 Å². The average molecular weight is 361 g/mol. The maximum absolute atomic E-state index is 12.2. The maximum Gasteiger partial charge on any atom is 0.238 e. The fraction of sp³-hybridized carbons (Fsp3) is 0.350. The quantitative estimate of drug-likeness (QED) is 0.842. The molecule has 1 fully saturated rings. The SMILES string of the molecule is Cl.O=C(CN1CCCCC1)Nc1cccc(OCc2ccccc2)c1. The first-order valence-corrected chi connectivity index (χ1v) is 8.58. The van der Waals surface area contributed by atoms with Gasteiger partial charge in [0.05, 0.1) is 6.54 Å². The van der Waals surface area contributed by atoms with E-state index in [-0.39, 0.29) is 18.3 Å². The van der Waals surface area contributed by atoms with Crippen molar-refractivity contribution in [1.82, 2.24) is 4.90 Å². The molecule has 0 spiro atoms. The van der Waals surface area contributed by atoms with Gasteiger partial charge in [0.15, 0.2) is 0 Å². The van der Waals surface area contributed by atoms with Gasteiger partial charge < -0.3 is 10.1 Å². The van der Waals surface area contributed by atoms with Crippen LogP contribution in [0.3, 0.4) is 0 Å². The number of hydrogen-bond acceptors (Lipinski definition) is 3. The van der Waals surface area contributed by atoms with Crippen LogP contribution >= 0.6 is 12.4 Å². The molecule has 2 aromatic rings. The van der Waals surface area contributed by atoms with Gasteiger partial charge in [-0.1, -0.05) is 42.8 Å². The van der Waals surface area contributed by atoms with E-state index in [9.17, 15) is 4.79 Å². The molecule has 0 atom stereocenters. The van der Waals surface area contributed by atoms with E-state index in [1.54, 1.807) is 0 Å². The molecule has 1 saturated heterocycles. The minimum atomic E-state index is 0. The summed E-state index contributed by atoms with van der Waals surface area (Å²) in [6.45, 7) is 3.03. The number of benzene rings is 2. The van der Waals surface area contributed by atoms with Gasteiger partial charge in [-0.3, -0.25) is 9.69 Å². The Balaban J connectivity index is 0.00000225. The highest BCUT2D eigenvalue weighted by molar-refractivity contribution is 5.92. The van der Waals surface area contributed by atoms with E-state index in [4.69, 9.17) is 4.74 Å². The number of halogens is 1. The molecule has 1 aliphatic rings. The third kappa shape index (κ3) is 6.40. The molecule has 0 unspecified atom stereocenters. The molecule has 0 aliphatic carbocycles. The van der Waals surface area contributed by atoms with E-state index >= 15 is 0 Å². The number of piperidine rings is 1. The Hall–Kier alpha value is -2.04. The summed E-state index contributed by atoms with van der Waals surface area (Å²) in [6, 6.07) is 17.6. The highest BCUT2D eigenvalue weighted by atomic mass is 35.5. The zero-order chi connectivity index (χ0) is 16.6. The number of rotatable bonds is 6. The van der Waals surface area contributed by atoms with Crippen LogP contribution in [0.25, 0.3) is 0 Å². The van der Waals surface area contributed by atoms with Gasteiger partial charge in [0.2, 0.25) is 5.91 Å². The Morgan fingerprint density at radius 3 is 2.52 bits per heavy atom. The van der Waals surface area contributed by atoms with Gasteiger partial charge in [0, 0.05) is 11.8 Å². The standard InChI is InChI=1S/C20H24N2O2.ClH/c23-20(15-22-12-5-2-6-13-22)21-18-10-7-11-19(14-18)24-16-17-8-3-1-4-9-17;/h1,3-4,7-11,14H,2,5-6,12-13,15-16H2,(H,21,23);1H. The van der Waals surface area contributed by atoms with Gasteiger partial charge >= 0.3 is 0 Å². The summed E-state index contributed by atoms with van der Waals surface area (Å²) in [6.07, 6.45) is 3.66. The smallest absolute Gasteiger partial charge is 0.238 e. The van der Waals surface area contributed by atoms with Crippen LogP contribution in [-0.4, -0.2) is 30.4 Å². The predicted molar refractivity (Wildman–Crippen MR) is 103 cm³/mol. The van der Waals surface area contributed by atoms with E-state index < -0.39 is 0 Å². The summed E-state index contributed by atoms with van der Waals surface area (Å²) in [5.41, 5.74) is 1.90. The first-order valence-electron chi connectivity index (χ1n) is 8.58. The number of ether oxygens (including phenoxy) is 1. The Labute approximate surface area is 155 Å². The molecular formula is C20H25ClN2O2. The lowest BCUT2D eigenvalue weighted by molar-refractivity contribution is -0.117. The fourth-order valence-electron chi connectivity index (χ4n) is 2.93. The second kappa shape index (κ2) is 10.1. The highest BCUT2D eigenvalue weighted by Gasteiger charge is 2.13. The Kier molecular flexibility index (Phi) is 7.76. The third-order valence-electron chi connectivity index (χ3n) is 4.18. The molecule has 1 amide bonds. The van der Waals surface area contributed by atoms with Gasteiger partial charge in [-0.05, 0) is 43.6 Å². The summed E-state index contributed by atoms with van der Waals surface area (Å²) < 4.78 is 5.80. The van der Waals surface area contributed by atoms with Crippen LogP contribution in [0.4, 0.5) is 5.69 Å². The van der Waals surface area contributed by atoms with Crippen molar-refractivity contribution in [2.75, 3.05) is 25.0 Å². The van der Waals surface area contributed by atoms with Crippen LogP contribution in [0.5, 0.6) is 5.75 Å². The molecule has 0 aromatic heterocycles. The summed E-state index contributed by atoms with van der Waals surface area (Å²) in [7, 11) is 0. The van der Waals surface area contributed by atoms with Crippen LogP contribution < -0.4 is 10.1 Å². The zero-order valence-corrected chi connectivity index (χ0v) is 15.1. The summed E-state index contributed by atoms with van der Waals surface area (Å²) in [4.78, 5) is 14.4. The first kappa shape index (κ1) is 19.3. The summed E-state index contributed by atoms with van der Waals surface area (Å²) in [5, 5.41) is 2.97. The van der Waals surface area contributed by atoms with Crippen LogP contribution in [0, 0.1) is 0 Å². The molecule has 4 nitrogen and oxygen atoms in total. The molecule has 2 aromatic carbocycles. The minimum absolute atomic E-state index is 0. The average Bonchev–Trinajstić information content (AvgIpc) is 2.62. The molecule has 0 bridgehead atoms. The molecule has 0 radical (unpaired) electrons. The molecule has 25 heavy (non-hydrogen) atoms. The van der Waals surface area contributed by atoms with Crippen LogP contribution in [0.2, 0.25) is 0 Å². The lowest BCUT2D eigenvalue weighted by Crippen LogP contribution is -2.36. The topological polar surface area (TPSA) is 41.6 Å². The van der Waals surface area contributed by atoms with Gasteiger partial charge in [0.1, 0.15) is 12.4 Å². The summed E-state index contributed by atoms with van der Waals surface area (Å²) >= 11 is 0. The van der Waals surface area contributed by atoms with Crippen molar-refractivity contribution >= 4 is 24.0 Å². The highest BCUT2D eigenvalue weighted by Crippen LogP contribution is 2.19. The molecule has 3 rings (SSSR count). The molecule has 1 heterocycles. The number of nitrogens with one attached hydrogen (secondary N) is 1. The van der Waals surface area contributed by atoms with Crippen molar-refractivity contribution in [2.24, 2.45) is 0 Å². The van der Waals surface area contributed by atoms with Gasteiger partial charge in [-0.2, -0.15) is 0 Å². The molecule has 0 saturated carbocycles. The molecule has 1 N–H and O–H groups in total. The number of hydrogen-bond donors (Lipinski definition) is 1. The van der Waals surface area contributed by atoms with Crippen molar-refractivity contribution in [3.63, 3.8) is 0 Å². The van der Waals surface area contributed by atoms with E-state index in [0.29, 0.717) is 13.2 Å². The number of likely N-dealkylation sites (tertiary alicyclic amines) is 1. The van der Waals surface area contributed by atoms with Crippen LogP contribution in [0.1, 0.15) is 24.8 Å². The zero-order valence-electron chi connectivity index (χ0n) is 14.3. The van der Waals surface area contributed by atoms with Gasteiger partial charge in [-0.15, -0.1) is 12.4 Å². The van der Waals surface area contributed by atoms with E-state index in [2.05, 4.69) is 10.2 Å². The third-order valence-corrected chi connectivity index (χ3v) is 4.18. The predicted octanol–water partition coefficient (Wildman–Crippen LogP) is 4.11. The van der Waals surface area contributed by atoms with Crippen molar-refractivity contribution in [2.45, 2.75) is 25.9 Å². The molecule has 1 aliphatic heterocycles. The lowest BCUT2D eigenvalue weighted by Gasteiger charge is -2.25. The number of carbonyl (C=O) groups excluding carboxylic acids is 1. The number of amides is 1. The number of nitrogens with zero attached hydrogens (tertiary/aromatic N) is 1. The Morgan fingerprint density at radius 2 is 1.76 bits per heavy atom. The fourth-order valence-corrected chi connectivity index (χ4v) is 2.93. The Bertz CT molecular complexity index is 658. The first-order chi connectivity index (χ1) is 11.8. The second-order valence-corrected chi connectivity index (χ2v) is 6.19. The molecular weight excluding hydrogens is 336 g/mol. The maximum atomic E-state index is 12.2. The number of anilines is 1. The van der Waals surface area contributed by atoms with E-state index in [0.717, 1.165) is 30.1 Å². The second-order valence-electron chi connectivity index (χ2n) is 6.19. The number of carbonyl (C=O) groups is 1. The van der Waals surface area contributed by atoms with Gasteiger partial charge in [-0.25, -0.2) is 0 Å². The lowest BCUT2D eigenvalue weighted by atomic mass is 10.1. The van der Waals surface area contributed by atoms with Crippen molar-refractivity contribution in [3.05, 3.63) is 60.2 Å². The normalized spacial score (nSPS) is 14.4. The minimum Gasteiger partial charge on any atom is -0.489 e. The molecule has 134 valence electrons. The van der Waals surface area contributed by atoms with E-state index in [1.807, 2.05) is 54.6 Å². The van der Waals surface area contributed by atoms with Crippen LogP contribution in [-0.2, 0) is 11.4 Å². The van der Waals surface area contributed by atoms with Crippen molar-refractivity contribution < 1.29 is 9.53 Å². The summed E-state index contributed by atoms with van der Waals surface area (Å²) in [5.74, 6) is 0.798.